The molecule has 2 atom stereocenters. The Morgan fingerprint density at radius 3 is 2.59 bits per heavy atom. The summed E-state index contributed by atoms with van der Waals surface area (Å²) in [5.74, 6) is -0.210. The number of nitrogens with zero attached hydrogens (tertiary/aromatic N) is 1. The van der Waals surface area contributed by atoms with E-state index >= 15 is 0 Å². The summed E-state index contributed by atoms with van der Waals surface area (Å²) in [6.45, 7) is 2.69. The van der Waals surface area contributed by atoms with Gasteiger partial charge < -0.3 is 9.64 Å². The van der Waals surface area contributed by atoms with Gasteiger partial charge in [-0.3, -0.25) is 9.59 Å². The minimum atomic E-state index is -0.286. The highest BCUT2D eigenvalue weighted by Crippen LogP contribution is 2.32. The summed E-state index contributed by atoms with van der Waals surface area (Å²) < 4.78 is 17.6. The second kappa shape index (κ2) is 7.38. The van der Waals surface area contributed by atoms with Gasteiger partial charge in [0.15, 0.2) is 0 Å². The first kappa shape index (κ1) is 16.5. The molecule has 0 N–H and O–H groups in total. The van der Waals surface area contributed by atoms with Gasteiger partial charge >= 0.3 is 5.97 Å². The smallest absolute Gasteiger partial charge is 0.305 e. The summed E-state index contributed by atoms with van der Waals surface area (Å²) in [7, 11) is 1.35. The number of hydrogen-bond donors (Lipinski definition) is 0. The van der Waals surface area contributed by atoms with E-state index in [4.69, 9.17) is 0 Å². The van der Waals surface area contributed by atoms with E-state index in [1.807, 2.05) is 11.8 Å². The number of halogens is 1. The highest BCUT2D eigenvalue weighted by Gasteiger charge is 2.32. The Hall–Kier alpha value is -1.91. The lowest BCUT2D eigenvalue weighted by molar-refractivity contribution is -0.140. The van der Waals surface area contributed by atoms with Crippen LogP contribution in [0, 0.1) is 5.82 Å². The molecule has 1 aliphatic heterocycles. The van der Waals surface area contributed by atoms with Crippen LogP contribution in [0.1, 0.15) is 44.1 Å². The molecule has 1 heterocycles. The Labute approximate surface area is 130 Å². The van der Waals surface area contributed by atoms with Crippen molar-refractivity contribution in [2.75, 3.05) is 13.7 Å². The number of methoxy groups -OCH3 is 1. The molecular formula is C17H22FNO3. The zero-order valence-electron chi connectivity index (χ0n) is 13.0. The molecule has 2 unspecified atom stereocenters. The molecule has 5 heteroatoms. The molecule has 0 aromatic heterocycles. The fourth-order valence-corrected chi connectivity index (χ4v) is 2.98. The van der Waals surface area contributed by atoms with Crippen molar-refractivity contribution in [1.82, 2.24) is 4.90 Å². The van der Waals surface area contributed by atoms with Crippen LogP contribution < -0.4 is 0 Å². The zero-order valence-corrected chi connectivity index (χ0v) is 13.0. The normalized spacial score (nSPS) is 21.0. The average molecular weight is 307 g/mol. The number of hydrogen-bond acceptors (Lipinski definition) is 3. The first-order valence-electron chi connectivity index (χ1n) is 7.63. The number of likely N-dealkylation sites (tertiary alicyclic amines) is 1. The standard InChI is InChI=1S/C17H22FNO3/c1-12-10-14(13-6-8-15(18)9-7-13)11-19(12)16(20)4-3-5-17(21)22-2/h6-9,12,14H,3-5,10-11H2,1-2H3. The summed E-state index contributed by atoms with van der Waals surface area (Å²) in [5, 5.41) is 0. The van der Waals surface area contributed by atoms with Crippen LogP contribution in [-0.4, -0.2) is 36.5 Å². The van der Waals surface area contributed by atoms with Crippen LogP contribution in [0.4, 0.5) is 4.39 Å². The molecule has 1 fully saturated rings. The number of ether oxygens (including phenoxy) is 1. The van der Waals surface area contributed by atoms with Crippen LogP contribution in [0.3, 0.4) is 0 Å². The number of amides is 1. The number of carbonyl (C=O) groups is 2. The van der Waals surface area contributed by atoms with Crippen LogP contribution in [0.2, 0.25) is 0 Å². The molecule has 1 amide bonds. The SMILES string of the molecule is COC(=O)CCCC(=O)N1CC(c2ccc(F)cc2)CC1C. The van der Waals surface area contributed by atoms with Crippen LogP contribution in [0.15, 0.2) is 24.3 Å². The van der Waals surface area contributed by atoms with Gasteiger partial charge in [0.05, 0.1) is 7.11 Å². The van der Waals surface area contributed by atoms with Crippen LogP contribution in [0.25, 0.3) is 0 Å². The molecule has 1 aromatic carbocycles. The maximum Gasteiger partial charge on any atom is 0.305 e. The maximum absolute atomic E-state index is 13.0. The van der Waals surface area contributed by atoms with Crippen LogP contribution in [-0.2, 0) is 14.3 Å². The lowest BCUT2D eigenvalue weighted by atomic mass is 9.97. The van der Waals surface area contributed by atoms with Crippen molar-refractivity contribution in [3.63, 3.8) is 0 Å². The third kappa shape index (κ3) is 4.06. The Kier molecular flexibility index (Phi) is 5.52. The van der Waals surface area contributed by atoms with Gasteiger partial charge in [0.1, 0.15) is 5.82 Å². The van der Waals surface area contributed by atoms with Crippen molar-refractivity contribution in [1.29, 1.82) is 0 Å². The average Bonchev–Trinajstić information content (AvgIpc) is 2.89. The highest BCUT2D eigenvalue weighted by molar-refractivity contribution is 5.78. The number of rotatable bonds is 5. The zero-order chi connectivity index (χ0) is 16.1. The minimum Gasteiger partial charge on any atom is -0.469 e. The van der Waals surface area contributed by atoms with Crippen molar-refractivity contribution in [3.05, 3.63) is 35.6 Å². The number of esters is 1. The van der Waals surface area contributed by atoms with E-state index < -0.39 is 0 Å². The molecule has 0 radical (unpaired) electrons. The Balaban J connectivity index is 1.88. The van der Waals surface area contributed by atoms with Crippen molar-refractivity contribution >= 4 is 11.9 Å². The fourth-order valence-electron chi connectivity index (χ4n) is 2.98. The minimum absolute atomic E-state index is 0.0704. The summed E-state index contributed by atoms with van der Waals surface area (Å²) in [5.41, 5.74) is 1.07. The van der Waals surface area contributed by atoms with Gasteiger partial charge in [-0.2, -0.15) is 0 Å². The van der Waals surface area contributed by atoms with Crippen molar-refractivity contribution < 1.29 is 18.7 Å². The molecule has 1 aromatic rings. The first-order valence-corrected chi connectivity index (χ1v) is 7.63. The van der Waals surface area contributed by atoms with Crippen LogP contribution in [0.5, 0.6) is 0 Å². The third-order valence-corrected chi connectivity index (χ3v) is 4.24. The van der Waals surface area contributed by atoms with Gasteiger partial charge in [-0.15, -0.1) is 0 Å². The van der Waals surface area contributed by atoms with E-state index in [1.165, 1.54) is 19.2 Å². The summed E-state index contributed by atoms with van der Waals surface area (Å²) in [6.07, 6.45) is 2.02. The Morgan fingerprint density at radius 1 is 1.27 bits per heavy atom. The maximum atomic E-state index is 13.0. The third-order valence-electron chi connectivity index (χ3n) is 4.24. The van der Waals surface area contributed by atoms with Crippen molar-refractivity contribution in [2.24, 2.45) is 0 Å². The first-order chi connectivity index (χ1) is 10.5. The second-order valence-corrected chi connectivity index (χ2v) is 5.81. The molecular weight excluding hydrogens is 285 g/mol. The molecule has 0 spiro atoms. The van der Waals surface area contributed by atoms with Gasteiger partial charge in [-0.25, -0.2) is 4.39 Å². The van der Waals surface area contributed by atoms with Crippen LogP contribution >= 0.6 is 0 Å². The van der Waals surface area contributed by atoms with E-state index in [9.17, 15) is 14.0 Å². The molecule has 1 aliphatic rings. The predicted octanol–water partition coefficient (Wildman–Crippen LogP) is 2.87. The highest BCUT2D eigenvalue weighted by atomic mass is 19.1. The molecule has 2 rings (SSSR count). The molecule has 0 saturated carbocycles. The monoisotopic (exact) mass is 307 g/mol. The van der Waals surface area contributed by atoms with Crippen molar-refractivity contribution in [3.8, 4) is 0 Å². The Bertz CT molecular complexity index is 529. The summed E-state index contributed by atoms with van der Waals surface area (Å²) >= 11 is 0. The lowest BCUT2D eigenvalue weighted by Crippen LogP contribution is -2.33. The second-order valence-electron chi connectivity index (χ2n) is 5.81. The fraction of sp³-hybridized carbons (Fsp3) is 0.529. The van der Waals surface area contributed by atoms with E-state index in [-0.39, 0.29) is 36.1 Å². The molecule has 1 saturated heterocycles. The van der Waals surface area contributed by atoms with Gasteiger partial charge in [-0.05, 0) is 37.5 Å². The van der Waals surface area contributed by atoms with E-state index in [2.05, 4.69) is 4.74 Å². The van der Waals surface area contributed by atoms with Gasteiger partial charge in [-0.1, -0.05) is 12.1 Å². The summed E-state index contributed by atoms with van der Waals surface area (Å²) in [6, 6.07) is 6.66. The number of benzene rings is 1. The van der Waals surface area contributed by atoms with E-state index in [0.717, 1.165) is 12.0 Å². The van der Waals surface area contributed by atoms with Gasteiger partial charge in [0.25, 0.3) is 0 Å². The largest absolute Gasteiger partial charge is 0.469 e. The molecule has 0 bridgehead atoms. The van der Waals surface area contributed by atoms with E-state index in [0.29, 0.717) is 19.4 Å². The van der Waals surface area contributed by atoms with E-state index in [1.54, 1.807) is 12.1 Å². The Morgan fingerprint density at radius 2 is 1.95 bits per heavy atom. The molecule has 120 valence electrons. The van der Waals surface area contributed by atoms with Gasteiger partial charge in [0.2, 0.25) is 5.91 Å². The van der Waals surface area contributed by atoms with Crippen molar-refractivity contribution in [2.45, 2.75) is 44.6 Å². The number of carbonyl (C=O) groups excluding carboxylic acids is 2. The lowest BCUT2D eigenvalue weighted by Gasteiger charge is -2.21. The quantitative estimate of drug-likeness (QED) is 0.786. The molecule has 0 aliphatic carbocycles. The molecule has 22 heavy (non-hydrogen) atoms. The van der Waals surface area contributed by atoms with Gasteiger partial charge in [0, 0.05) is 31.3 Å². The molecule has 4 nitrogen and oxygen atoms in total. The topological polar surface area (TPSA) is 46.6 Å². The predicted molar refractivity (Wildman–Crippen MR) is 80.8 cm³/mol. The summed E-state index contributed by atoms with van der Waals surface area (Å²) in [4.78, 5) is 25.2.